The quantitative estimate of drug-likeness (QED) is 0.898. The number of nitrogens with zero attached hydrogens (tertiary/aromatic N) is 3. The summed E-state index contributed by atoms with van der Waals surface area (Å²) in [5.74, 6) is 1.14. The third-order valence-electron chi connectivity index (χ3n) is 3.84. The summed E-state index contributed by atoms with van der Waals surface area (Å²) in [6.45, 7) is 8.77. The minimum absolute atomic E-state index is 0.128. The molecule has 1 unspecified atom stereocenters. The van der Waals surface area contributed by atoms with Crippen LogP contribution in [0.5, 0.6) is 0 Å². The zero-order chi connectivity index (χ0) is 15.5. The van der Waals surface area contributed by atoms with Crippen LogP contribution in [0, 0.1) is 5.92 Å². The molecular weight excluding hydrogens is 270 g/mol. The second-order valence-corrected chi connectivity index (χ2v) is 6.94. The fourth-order valence-corrected chi connectivity index (χ4v) is 2.68. The molecule has 21 heavy (non-hydrogen) atoms. The number of carbonyl (C=O) groups is 1. The Kier molecular flexibility index (Phi) is 4.98. The molecule has 1 atom stereocenters. The minimum atomic E-state index is -0.708. The van der Waals surface area contributed by atoms with Crippen LogP contribution in [0.4, 0.5) is 0 Å². The summed E-state index contributed by atoms with van der Waals surface area (Å²) in [5.41, 5.74) is -0.128. The molecule has 0 aromatic carbocycles. The van der Waals surface area contributed by atoms with Crippen LogP contribution < -0.4 is 0 Å². The summed E-state index contributed by atoms with van der Waals surface area (Å²) in [6.07, 6.45) is 3.23. The molecular formula is C15H25N3O3. The van der Waals surface area contributed by atoms with Gasteiger partial charge in [-0.05, 0) is 31.7 Å². The summed E-state index contributed by atoms with van der Waals surface area (Å²) < 4.78 is 5.31. The van der Waals surface area contributed by atoms with Gasteiger partial charge >= 0.3 is 5.97 Å². The van der Waals surface area contributed by atoms with E-state index in [4.69, 9.17) is 9.63 Å². The van der Waals surface area contributed by atoms with Crippen LogP contribution in [0.1, 0.15) is 58.2 Å². The van der Waals surface area contributed by atoms with Gasteiger partial charge in [0.15, 0.2) is 5.82 Å². The van der Waals surface area contributed by atoms with Gasteiger partial charge in [0, 0.05) is 18.4 Å². The van der Waals surface area contributed by atoms with Crippen molar-refractivity contribution in [2.75, 3.05) is 13.1 Å². The molecule has 0 aliphatic carbocycles. The summed E-state index contributed by atoms with van der Waals surface area (Å²) in [7, 11) is 0. The topological polar surface area (TPSA) is 79.5 Å². The largest absolute Gasteiger partial charge is 0.481 e. The van der Waals surface area contributed by atoms with Crippen molar-refractivity contribution in [1.29, 1.82) is 0 Å². The monoisotopic (exact) mass is 295 g/mol. The summed E-state index contributed by atoms with van der Waals surface area (Å²) in [4.78, 5) is 17.4. The lowest BCUT2D eigenvalue weighted by atomic mass is 9.93. The van der Waals surface area contributed by atoms with Gasteiger partial charge in [-0.2, -0.15) is 4.98 Å². The molecule has 118 valence electrons. The molecule has 1 N–H and O–H groups in total. The van der Waals surface area contributed by atoms with E-state index < -0.39 is 5.97 Å². The number of aliphatic carboxylic acids is 1. The Morgan fingerprint density at radius 1 is 1.48 bits per heavy atom. The zero-order valence-electron chi connectivity index (χ0n) is 13.1. The number of hydrogen-bond acceptors (Lipinski definition) is 5. The molecule has 1 saturated heterocycles. The van der Waals surface area contributed by atoms with Gasteiger partial charge in [0.05, 0.1) is 6.54 Å². The molecule has 6 heteroatoms. The number of carboxylic acid groups (broad SMARTS) is 1. The number of aromatic nitrogens is 2. The van der Waals surface area contributed by atoms with E-state index in [0.29, 0.717) is 18.4 Å². The fourth-order valence-electron chi connectivity index (χ4n) is 2.68. The first-order valence-corrected chi connectivity index (χ1v) is 7.62. The third kappa shape index (κ3) is 4.81. The van der Waals surface area contributed by atoms with Crippen LogP contribution in [0.15, 0.2) is 4.52 Å². The maximum absolute atomic E-state index is 10.7. The summed E-state index contributed by atoms with van der Waals surface area (Å²) in [5, 5.41) is 12.8. The zero-order valence-corrected chi connectivity index (χ0v) is 13.1. The van der Waals surface area contributed by atoms with E-state index in [9.17, 15) is 4.79 Å². The standard InChI is InChI=1S/C15H25N3O3/c1-15(2,3)14-16-12(17-21-14)10-18-8-4-5-11(9-18)6-7-13(19)20/h11H,4-10H2,1-3H3,(H,19,20). The van der Waals surface area contributed by atoms with E-state index in [1.54, 1.807) is 0 Å². The van der Waals surface area contributed by atoms with Gasteiger partial charge < -0.3 is 9.63 Å². The number of hydrogen-bond donors (Lipinski definition) is 1. The van der Waals surface area contributed by atoms with E-state index in [-0.39, 0.29) is 11.8 Å². The molecule has 0 spiro atoms. The molecule has 1 aromatic rings. The maximum atomic E-state index is 10.7. The number of rotatable bonds is 5. The van der Waals surface area contributed by atoms with Gasteiger partial charge in [0.1, 0.15) is 0 Å². The predicted octanol–water partition coefficient (Wildman–Crippen LogP) is 2.44. The number of likely N-dealkylation sites (tertiary alicyclic amines) is 1. The highest BCUT2D eigenvalue weighted by Gasteiger charge is 2.24. The highest BCUT2D eigenvalue weighted by atomic mass is 16.5. The number of piperidine rings is 1. The Morgan fingerprint density at radius 3 is 2.86 bits per heavy atom. The Labute approximate surface area is 125 Å². The van der Waals surface area contributed by atoms with E-state index in [1.165, 1.54) is 0 Å². The van der Waals surface area contributed by atoms with Crippen molar-refractivity contribution in [2.45, 2.75) is 58.4 Å². The first kappa shape index (κ1) is 15.9. The average molecular weight is 295 g/mol. The first-order chi connectivity index (χ1) is 9.84. The van der Waals surface area contributed by atoms with Gasteiger partial charge in [0.2, 0.25) is 5.89 Å². The highest BCUT2D eigenvalue weighted by molar-refractivity contribution is 5.66. The van der Waals surface area contributed by atoms with Crippen LogP contribution in [-0.4, -0.2) is 39.2 Å². The van der Waals surface area contributed by atoms with Gasteiger partial charge in [0.25, 0.3) is 0 Å². The molecule has 1 aliphatic heterocycles. The van der Waals surface area contributed by atoms with Crippen LogP contribution in [0.25, 0.3) is 0 Å². The van der Waals surface area contributed by atoms with Crippen LogP contribution in [0.3, 0.4) is 0 Å². The SMILES string of the molecule is CC(C)(C)c1nc(CN2CCCC(CCC(=O)O)C2)no1. The van der Waals surface area contributed by atoms with Gasteiger partial charge in [-0.3, -0.25) is 9.69 Å². The fraction of sp³-hybridized carbons (Fsp3) is 0.800. The normalized spacial score (nSPS) is 20.6. The van der Waals surface area contributed by atoms with Crippen LogP contribution in [-0.2, 0) is 16.8 Å². The Bertz CT molecular complexity index is 479. The van der Waals surface area contributed by atoms with E-state index >= 15 is 0 Å². The average Bonchev–Trinajstić information content (AvgIpc) is 2.85. The molecule has 0 saturated carbocycles. The summed E-state index contributed by atoms with van der Waals surface area (Å²) >= 11 is 0. The maximum Gasteiger partial charge on any atom is 0.303 e. The second-order valence-electron chi connectivity index (χ2n) is 6.94. The second kappa shape index (κ2) is 6.56. The summed E-state index contributed by atoms with van der Waals surface area (Å²) in [6, 6.07) is 0. The lowest BCUT2D eigenvalue weighted by Gasteiger charge is -2.31. The lowest BCUT2D eigenvalue weighted by molar-refractivity contribution is -0.137. The van der Waals surface area contributed by atoms with E-state index in [2.05, 4.69) is 15.0 Å². The van der Waals surface area contributed by atoms with E-state index in [0.717, 1.165) is 38.2 Å². The molecule has 0 amide bonds. The number of carboxylic acids is 1. The minimum Gasteiger partial charge on any atom is -0.481 e. The van der Waals surface area contributed by atoms with Gasteiger partial charge in [-0.25, -0.2) is 0 Å². The molecule has 2 rings (SSSR count). The van der Waals surface area contributed by atoms with Crippen molar-refractivity contribution in [3.8, 4) is 0 Å². The van der Waals surface area contributed by atoms with Crippen LogP contribution in [0.2, 0.25) is 0 Å². The van der Waals surface area contributed by atoms with E-state index in [1.807, 2.05) is 20.8 Å². The molecule has 6 nitrogen and oxygen atoms in total. The Hall–Kier alpha value is -1.43. The first-order valence-electron chi connectivity index (χ1n) is 7.62. The molecule has 0 bridgehead atoms. The molecule has 1 fully saturated rings. The smallest absolute Gasteiger partial charge is 0.303 e. The third-order valence-corrected chi connectivity index (χ3v) is 3.84. The van der Waals surface area contributed by atoms with Crippen molar-refractivity contribution in [1.82, 2.24) is 15.0 Å². The molecule has 1 aromatic heterocycles. The Morgan fingerprint density at radius 2 is 2.24 bits per heavy atom. The van der Waals surface area contributed by atoms with Crippen molar-refractivity contribution in [3.63, 3.8) is 0 Å². The van der Waals surface area contributed by atoms with Crippen molar-refractivity contribution in [3.05, 3.63) is 11.7 Å². The lowest BCUT2D eigenvalue weighted by Crippen LogP contribution is -2.35. The highest BCUT2D eigenvalue weighted by Crippen LogP contribution is 2.23. The molecule has 0 radical (unpaired) electrons. The van der Waals surface area contributed by atoms with Crippen molar-refractivity contribution in [2.24, 2.45) is 5.92 Å². The Balaban J connectivity index is 1.87. The molecule has 2 heterocycles. The van der Waals surface area contributed by atoms with Gasteiger partial charge in [-0.1, -0.05) is 25.9 Å². The van der Waals surface area contributed by atoms with Crippen LogP contribution >= 0.6 is 0 Å². The van der Waals surface area contributed by atoms with Gasteiger partial charge in [-0.15, -0.1) is 0 Å². The van der Waals surface area contributed by atoms with Crippen molar-refractivity contribution < 1.29 is 14.4 Å². The van der Waals surface area contributed by atoms with Crippen molar-refractivity contribution >= 4 is 5.97 Å². The molecule has 1 aliphatic rings. The predicted molar refractivity (Wildman–Crippen MR) is 77.9 cm³/mol.